The predicted octanol–water partition coefficient (Wildman–Crippen LogP) is -0.541. The lowest BCUT2D eigenvalue weighted by Gasteiger charge is -2.28. The van der Waals surface area contributed by atoms with Gasteiger partial charge in [0.2, 0.25) is 0 Å². The number of likely N-dealkylation sites (tertiary alicyclic amines) is 1. The minimum Gasteiger partial charge on any atom is -1.00 e. The summed E-state index contributed by atoms with van der Waals surface area (Å²) in [4.78, 5) is 25.9. The number of hydrogen-bond acceptors (Lipinski definition) is 3. The van der Waals surface area contributed by atoms with Gasteiger partial charge in [0, 0.05) is 18.5 Å². The first-order chi connectivity index (χ1) is 13.4. The molecule has 156 valence electrons. The van der Waals surface area contributed by atoms with Gasteiger partial charge < -0.3 is 27.4 Å². The number of rotatable bonds is 5. The molecule has 0 bridgehead atoms. The second kappa shape index (κ2) is 10.4. The number of hydrogen-bond donors (Lipinski definition) is 2. The summed E-state index contributed by atoms with van der Waals surface area (Å²) in [6, 6.07) is 13.2. The molecule has 1 amide bonds. The molecule has 0 unspecified atom stereocenters. The van der Waals surface area contributed by atoms with Crippen LogP contribution in [0.5, 0.6) is 0 Å². The van der Waals surface area contributed by atoms with E-state index in [9.17, 15) is 9.59 Å². The molecule has 0 radical (unpaired) electrons. The summed E-state index contributed by atoms with van der Waals surface area (Å²) in [6.45, 7) is 8.19. The second-order valence-electron chi connectivity index (χ2n) is 7.72. The average molecular weight is 417 g/mol. The topological polar surface area (TPSA) is 59.8 Å². The van der Waals surface area contributed by atoms with Crippen molar-refractivity contribution in [3.05, 3.63) is 64.7 Å². The molecule has 1 aliphatic heterocycles. The van der Waals surface area contributed by atoms with Gasteiger partial charge in [-0.05, 0) is 44.0 Å². The highest BCUT2D eigenvalue weighted by molar-refractivity contribution is 5.93. The predicted molar refractivity (Wildman–Crippen MR) is 110 cm³/mol. The number of carbonyl (C=O) groups is 2. The van der Waals surface area contributed by atoms with Crippen LogP contribution < -0.4 is 22.6 Å². The molecule has 1 aliphatic rings. The zero-order chi connectivity index (χ0) is 20.1. The average Bonchev–Trinajstić information content (AvgIpc) is 2.67. The van der Waals surface area contributed by atoms with E-state index in [2.05, 4.69) is 24.4 Å². The molecular weight excluding hydrogens is 388 g/mol. The standard InChI is InChI=1S/C23H28N2O3.ClH/c1-16-13-17(2)22(18(3)14-16)24-21(26)15-25-11-9-20(10-12-25)28-23(27)19-7-5-4-6-8-19;/h4-8,13-14,20H,9-12,15H2,1-3H3,(H,24,26);1H. The lowest BCUT2D eigenvalue weighted by molar-refractivity contribution is -0.897. The fourth-order valence-corrected chi connectivity index (χ4v) is 3.88. The molecule has 1 saturated heterocycles. The zero-order valence-electron chi connectivity index (χ0n) is 17.3. The molecule has 0 atom stereocenters. The van der Waals surface area contributed by atoms with E-state index in [1.54, 1.807) is 12.1 Å². The maximum Gasteiger partial charge on any atom is 0.338 e. The summed E-state index contributed by atoms with van der Waals surface area (Å²) >= 11 is 0. The Bertz CT molecular complexity index is 823. The van der Waals surface area contributed by atoms with E-state index < -0.39 is 0 Å². The Morgan fingerprint density at radius 1 is 1.03 bits per heavy atom. The van der Waals surface area contributed by atoms with E-state index in [-0.39, 0.29) is 30.4 Å². The monoisotopic (exact) mass is 416 g/mol. The molecule has 0 aliphatic carbocycles. The number of aryl methyl sites for hydroxylation is 3. The number of amides is 1. The number of esters is 1. The molecule has 1 heterocycles. The molecule has 29 heavy (non-hydrogen) atoms. The fraction of sp³-hybridized carbons (Fsp3) is 0.391. The molecule has 5 nitrogen and oxygen atoms in total. The molecular formula is C23H29ClN2O3. The molecule has 3 rings (SSSR count). The van der Waals surface area contributed by atoms with Gasteiger partial charge in [0.15, 0.2) is 6.54 Å². The van der Waals surface area contributed by atoms with Crippen LogP contribution in [0.3, 0.4) is 0 Å². The summed E-state index contributed by atoms with van der Waals surface area (Å²) in [5.74, 6) is -0.234. The Labute approximate surface area is 178 Å². The Morgan fingerprint density at radius 2 is 1.62 bits per heavy atom. The lowest BCUT2D eigenvalue weighted by atomic mass is 10.0. The maximum atomic E-state index is 12.5. The van der Waals surface area contributed by atoms with E-state index in [1.165, 1.54) is 10.5 Å². The molecule has 2 aromatic rings. The first-order valence-electron chi connectivity index (χ1n) is 9.89. The molecule has 0 saturated carbocycles. The third-order valence-electron chi connectivity index (χ3n) is 5.27. The fourth-order valence-electron chi connectivity index (χ4n) is 3.88. The Morgan fingerprint density at radius 3 is 2.21 bits per heavy atom. The SMILES string of the molecule is Cc1cc(C)c(NC(=O)C[NH+]2CCC(OC(=O)c3ccccc3)CC2)c(C)c1.[Cl-]. The van der Waals surface area contributed by atoms with E-state index in [0.717, 1.165) is 42.7 Å². The van der Waals surface area contributed by atoms with Gasteiger partial charge in [0.05, 0.1) is 18.7 Å². The normalized spacial score (nSPS) is 18.4. The summed E-state index contributed by atoms with van der Waals surface area (Å²) < 4.78 is 5.62. The van der Waals surface area contributed by atoms with Crippen LogP contribution in [0.1, 0.15) is 39.9 Å². The van der Waals surface area contributed by atoms with Gasteiger partial charge in [0.1, 0.15) is 6.10 Å². The van der Waals surface area contributed by atoms with Crippen LogP contribution in [-0.2, 0) is 9.53 Å². The highest BCUT2D eigenvalue weighted by Crippen LogP contribution is 2.21. The third-order valence-corrected chi connectivity index (χ3v) is 5.27. The van der Waals surface area contributed by atoms with Crippen LogP contribution in [-0.4, -0.2) is 37.6 Å². The van der Waals surface area contributed by atoms with Gasteiger partial charge in [0.25, 0.3) is 5.91 Å². The molecule has 0 aromatic heterocycles. The van der Waals surface area contributed by atoms with Gasteiger partial charge in [-0.1, -0.05) is 35.9 Å². The van der Waals surface area contributed by atoms with Crippen LogP contribution in [0.4, 0.5) is 5.69 Å². The van der Waals surface area contributed by atoms with E-state index in [0.29, 0.717) is 12.1 Å². The molecule has 1 fully saturated rings. The summed E-state index contributed by atoms with van der Waals surface area (Å²) in [6.07, 6.45) is 1.49. The van der Waals surface area contributed by atoms with Crippen LogP contribution in [0.25, 0.3) is 0 Å². The number of piperidine rings is 1. The van der Waals surface area contributed by atoms with Gasteiger partial charge >= 0.3 is 5.97 Å². The van der Waals surface area contributed by atoms with Crippen molar-refractivity contribution in [1.82, 2.24) is 0 Å². The van der Waals surface area contributed by atoms with E-state index in [1.807, 2.05) is 32.0 Å². The maximum absolute atomic E-state index is 12.5. The zero-order valence-corrected chi connectivity index (χ0v) is 18.0. The Hall–Kier alpha value is -2.37. The largest absolute Gasteiger partial charge is 1.00 e. The minimum atomic E-state index is -0.267. The number of halogens is 1. The minimum absolute atomic E-state index is 0. The Kier molecular flexibility index (Phi) is 8.23. The number of benzene rings is 2. The van der Waals surface area contributed by atoms with Crippen molar-refractivity contribution in [2.45, 2.75) is 39.7 Å². The van der Waals surface area contributed by atoms with E-state index in [4.69, 9.17) is 4.74 Å². The quantitative estimate of drug-likeness (QED) is 0.644. The smallest absolute Gasteiger partial charge is 0.338 e. The van der Waals surface area contributed by atoms with Crippen molar-refractivity contribution in [2.75, 3.05) is 25.0 Å². The van der Waals surface area contributed by atoms with Crippen molar-refractivity contribution in [2.24, 2.45) is 0 Å². The Balaban J connectivity index is 0.00000300. The van der Waals surface area contributed by atoms with Crippen molar-refractivity contribution >= 4 is 17.6 Å². The van der Waals surface area contributed by atoms with Crippen molar-refractivity contribution in [3.8, 4) is 0 Å². The first kappa shape index (κ1) is 22.9. The summed E-state index contributed by atoms with van der Waals surface area (Å²) in [5, 5.41) is 3.07. The number of ether oxygens (including phenoxy) is 1. The van der Waals surface area contributed by atoms with Crippen molar-refractivity contribution < 1.29 is 31.6 Å². The van der Waals surface area contributed by atoms with Gasteiger partial charge in [-0.15, -0.1) is 0 Å². The summed E-state index contributed by atoms with van der Waals surface area (Å²) in [5.41, 5.74) is 4.88. The van der Waals surface area contributed by atoms with Crippen LogP contribution in [0.15, 0.2) is 42.5 Å². The highest BCUT2D eigenvalue weighted by Gasteiger charge is 2.27. The summed E-state index contributed by atoms with van der Waals surface area (Å²) in [7, 11) is 0. The van der Waals surface area contributed by atoms with E-state index >= 15 is 0 Å². The van der Waals surface area contributed by atoms with Gasteiger partial charge in [-0.3, -0.25) is 4.79 Å². The van der Waals surface area contributed by atoms with Crippen molar-refractivity contribution in [1.29, 1.82) is 0 Å². The van der Waals surface area contributed by atoms with Gasteiger partial charge in [-0.25, -0.2) is 4.79 Å². The number of nitrogens with one attached hydrogen (secondary N) is 2. The van der Waals surface area contributed by atoms with Crippen LogP contribution in [0, 0.1) is 20.8 Å². The van der Waals surface area contributed by atoms with Crippen LogP contribution in [0.2, 0.25) is 0 Å². The number of carbonyl (C=O) groups excluding carboxylic acids is 2. The molecule has 6 heteroatoms. The lowest BCUT2D eigenvalue weighted by Crippen LogP contribution is -3.14. The number of quaternary nitrogens is 1. The second-order valence-corrected chi connectivity index (χ2v) is 7.72. The highest BCUT2D eigenvalue weighted by atomic mass is 35.5. The first-order valence-corrected chi connectivity index (χ1v) is 9.89. The molecule has 2 N–H and O–H groups in total. The van der Waals surface area contributed by atoms with Crippen molar-refractivity contribution in [3.63, 3.8) is 0 Å². The van der Waals surface area contributed by atoms with Gasteiger partial charge in [-0.2, -0.15) is 0 Å². The molecule has 2 aromatic carbocycles. The number of anilines is 1. The molecule has 0 spiro atoms. The third kappa shape index (κ3) is 6.31. The van der Waals surface area contributed by atoms with Crippen LogP contribution >= 0.6 is 0 Å².